The van der Waals surface area contributed by atoms with Crippen molar-refractivity contribution in [1.29, 1.82) is 0 Å². The Balaban J connectivity index is 1.54. The first-order chi connectivity index (χ1) is 12.8. The van der Waals surface area contributed by atoms with Crippen molar-refractivity contribution >= 4 is 5.97 Å². The van der Waals surface area contributed by atoms with E-state index >= 15 is 0 Å². The van der Waals surface area contributed by atoms with Crippen molar-refractivity contribution in [3.63, 3.8) is 0 Å². The topological polar surface area (TPSA) is 82.8 Å². The highest BCUT2D eigenvalue weighted by atomic mass is 16.7. The number of aryl methyl sites for hydroxylation is 1. The summed E-state index contributed by atoms with van der Waals surface area (Å²) in [6, 6.07) is 5.89. The van der Waals surface area contributed by atoms with Gasteiger partial charge >= 0.3 is 5.97 Å². The van der Waals surface area contributed by atoms with Crippen LogP contribution >= 0.6 is 0 Å². The van der Waals surface area contributed by atoms with Gasteiger partial charge in [-0.25, -0.2) is 4.98 Å². The smallest absolute Gasteiger partial charge is 0.311 e. The first kappa shape index (κ1) is 16.9. The molecule has 0 radical (unpaired) electrons. The van der Waals surface area contributed by atoms with Crippen LogP contribution in [0.5, 0.6) is 11.5 Å². The average molecular weight is 358 g/mol. The number of benzene rings is 1. The molecule has 0 amide bonds. The minimum atomic E-state index is -0.259. The summed E-state index contributed by atoms with van der Waals surface area (Å²) in [6.07, 6.45) is 4.63. The lowest BCUT2D eigenvalue weighted by molar-refractivity contribution is -0.148. The van der Waals surface area contributed by atoms with E-state index < -0.39 is 0 Å². The fourth-order valence-electron chi connectivity index (χ4n) is 3.79. The second kappa shape index (κ2) is 7.37. The average Bonchev–Trinajstić information content (AvgIpc) is 3.38. The third-order valence-corrected chi connectivity index (χ3v) is 5.00. The molecule has 1 fully saturated rings. The number of carbonyl (C=O) groups is 1. The predicted molar refractivity (Wildman–Crippen MR) is 92.0 cm³/mol. The highest BCUT2D eigenvalue weighted by Gasteiger charge is 2.42. The molecule has 7 nitrogen and oxygen atoms in total. The van der Waals surface area contributed by atoms with Crippen LogP contribution in [0.4, 0.5) is 0 Å². The Morgan fingerprint density at radius 3 is 3.04 bits per heavy atom. The lowest BCUT2D eigenvalue weighted by Gasteiger charge is -2.22. The van der Waals surface area contributed by atoms with Crippen LogP contribution in [0.1, 0.15) is 30.7 Å². The predicted octanol–water partition coefficient (Wildman–Crippen LogP) is 2.27. The third-order valence-electron chi connectivity index (χ3n) is 5.00. The van der Waals surface area contributed by atoms with Crippen LogP contribution in [0.2, 0.25) is 0 Å². The van der Waals surface area contributed by atoms with Gasteiger partial charge in [0.2, 0.25) is 6.79 Å². The van der Waals surface area contributed by atoms with Crippen molar-refractivity contribution in [3.05, 3.63) is 42.1 Å². The molecule has 1 saturated heterocycles. The number of esters is 1. The zero-order valence-corrected chi connectivity index (χ0v) is 14.6. The molecule has 4 rings (SSSR count). The van der Waals surface area contributed by atoms with E-state index in [2.05, 4.69) is 10.3 Å². The standard InChI is InChI=1S/C19H22N2O5/c1-2-23-19(22)18-13(12-3-5-15-16(9-12)26-11-25-15)10-21-14(18)4-6-17-20-7-8-24-17/h3,5,7-9,13-14,18,21H,2,4,6,10-11H2,1H3/t13-,14+,18-/m1/s1. The molecule has 3 atom stereocenters. The summed E-state index contributed by atoms with van der Waals surface area (Å²) >= 11 is 0. The molecule has 26 heavy (non-hydrogen) atoms. The van der Waals surface area contributed by atoms with E-state index in [0.29, 0.717) is 25.5 Å². The minimum absolute atomic E-state index is 0.0105. The second-order valence-electron chi connectivity index (χ2n) is 6.48. The molecule has 0 bridgehead atoms. The molecule has 2 aliphatic heterocycles. The number of carbonyl (C=O) groups excluding carboxylic acids is 1. The van der Waals surface area contributed by atoms with Crippen molar-refractivity contribution in [1.82, 2.24) is 10.3 Å². The number of hydrogen-bond donors (Lipinski definition) is 1. The van der Waals surface area contributed by atoms with Gasteiger partial charge < -0.3 is 23.9 Å². The van der Waals surface area contributed by atoms with Crippen molar-refractivity contribution in [2.75, 3.05) is 19.9 Å². The number of ether oxygens (including phenoxy) is 3. The molecule has 2 aromatic rings. The van der Waals surface area contributed by atoms with Crippen LogP contribution in [0.25, 0.3) is 0 Å². The van der Waals surface area contributed by atoms with E-state index in [1.165, 1.54) is 0 Å². The van der Waals surface area contributed by atoms with Crippen molar-refractivity contribution in [2.24, 2.45) is 5.92 Å². The van der Waals surface area contributed by atoms with Crippen LogP contribution in [-0.2, 0) is 16.0 Å². The SMILES string of the molecule is CCOC(=O)[C@H]1[C@H](CCc2ncco2)NC[C@@H]1c1ccc2c(c1)OCO2. The Morgan fingerprint density at radius 1 is 1.35 bits per heavy atom. The maximum atomic E-state index is 12.7. The van der Waals surface area contributed by atoms with Gasteiger partial charge in [-0.1, -0.05) is 6.07 Å². The van der Waals surface area contributed by atoms with Crippen LogP contribution in [0.3, 0.4) is 0 Å². The van der Waals surface area contributed by atoms with Gasteiger partial charge in [-0.3, -0.25) is 4.79 Å². The number of nitrogens with zero attached hydrogens (tertiary/aromatic N) is 1. The Hall–Kier alpha value is -2.54. The maximum absolute atomic E-state index is 12.7. The van der Waals surface area contributed by atoms with Crippen molar-refractivity contribution in [2.45, 2.75) is 31.7 Å². The van der Waals surface area contributed by atoms with Crippen LogP contribution in [-0.4, -0.2) is 36.9 Å². The van der Waals surface area contributed by atoms with Gasteiger partial charge in [0.05, 0.1) is 18.7 Å². The largest absolute Gasteiger partial charge is 0.466 e. The van der Waals surface area contributed by atoms with Crippen LogP contribution in [0.15, 0.2) is 35.1 Å². The van der Waals surface area contributed by atoms with Gasteiger partial charge in [0.25, 0.3) is 0 Å². The van der Waals surface area contributed by atoms with Gasteiger partial charge in [0, 0.05) is 24.9 Å². The van der Waals surface area contributed by atoms with E-state index in [-0.39, 0.29) is 30.6 Å². The van der Waals surface area contributed by atoms with Crippen molar-refractivity contribution < 1.29 is 23.4 Å². The maximum Gasteiger partial charge on any atom is 0.311 e. The van der Waals surface area contributed by atoms with Gasteiger partial charge in [0.1, 0.15) is 6.26 Å². The Bertz CT molecular complexity index is 761. The summed E-state index contributed by atoms with van der Waals surface area (Å²) in [4.78, 5) is 16.8. The highest BCUT2D eigenvalue weighted by Crippen LogP contribution is 2.40. The van der Waals surface area contributed by atoms with Gasteiger partial charge in [0.15, 0.2) is 17.4 Å². The van der Waals surface area contributed by atoms with E-state index in [1.807, 2.05) is 25.1 Å². The number of rotatable bonds is 6. The summed E-state index contributed by atoms with van der Waals surface area (Å²) in [5, 5.41) is 3.48. The molecule has 1 aromatic heterocycles. The highest BCUT2D eigenvalue weighted by molar-refractivity contribution is 5.75. The van der Waals surface area contributed by atoms with Crippen LogP contribution in [0, 0.1) is 5.92 Å². The fourth-order valence-corrected chi connectivity index (χ4v) is 3.79. The molecule has 0 spiro atoms. The number of fused-ring (bicyclic) bond motifs is 1. The second-order valence-corrected chi connectivity index (χ2v) is 6.48. The molecule has 3 heterocycles. The quantitative estimate of drug-likeness (QED) is 0.793. The Morgan fingerprint density at radius 2 is 2.23 bits per heavy atom. The molecule has 1 N–H and O–H groups in total. The summed E-state index contributed by atoms with van der Waals surface area (Å²) in [5.41, 5.74) is 1.05. The molecule has 0 unspecified atom stereocenters. The van der Waals surface area contributed by atoms with Crippen LogP contribution < -0.4 is 14.8 Å². The van der Waals surface area contributed by atoms with Gasteiger partial charge in [-0.2, -0.15) is 0 Å². The molecule has 0 saturated carbocycles. The van der Waals surface area contributed by atoms with Crippen molar-refractivity contribution in [3.8, 4) is 11.5 Å². The Kier molecular flexibility index (Phi) is 4.79. The fraction of sp³-hybridized carbons (Fsp3) is 0.474. The van der Waals surface area contributed by atoms with E-state index in [0.717, 1.165) is 23.5 Å². The summed E-state index contributed by atoms with van der Waals surface area (Å²) in [5.74, 6) is 1.75. The number of nitrogens with one attached hydrogen (secondary N) is 1. The van der Waals surface area contributed by atoms with E-state index in [4.69, 9.17) is 18.6 Å². The zero-order valence-electron chi connectivity index (χ0n) is 14.6. The first-order valence-corrected chi connectivity index (χ1v) is 8.94. The Labute approximate surface area is 151 Å². The van der Waals surface area contributed by atoms with Gasteiger partial charge in [-0.05, 0) is 31.0 Å². The lowest BCUT2D eigenvalue weighted by Crippen LogP contribution is -2.34. The van der Waals surface area contributed by atoms with Gasteiger partial charge in [-0.15, -0.1) is 0 Å². The minimum Gasteiger partial charge on any atom is -0.466 e. The number of aromatic nitrogens is 1. The number of hydrogen-bond acceptors (Lipinski definition) is 7. The zero-order chi connectivity index (χ0) is 17.9. The normalized spacial score (nSPS) is 24.0. The van der Waals surface area contributed by atoms with E-state index in [9.17, 15) is 4.79 Å². The molecule has 7 heteroatoms. The summed E-state index contributed by atoms with van der Waals surface area (Å²) < 4.78 is 21.5. The third kappa shape index (κ3) is 3.26. The molecule has 0 aliphatic carbocycles. The lowest BCUT2D eigenvalue weighted by atomic mass is 9.83. The van der Waals surface area contributed by atoms with E-state index in [1.54, 1.807) is 12.5 Å². The number of oxazole rings is 1. The monoisotopic (exact) mass is 358 g/mol. The molecule has 1 aromatic carbocycles. The molecule has 2 aliphatic rings. The molecular formula is C19H22N2O5. The molecule has 138 valence electrons. The molecular weight excluding hydrogens is 336 g/mol. The first-order valence-electron chi connectivity index (χ1n) is 8.94. The summed E-state index contributed by atoms with van der Waals surface area (Å²) in [7, 11) is 0. The summed E-state index contributed by atoms with van der Waals surface area (Å²) in [6.45, 7) is 3.15.